The van der Waals surface area contributed by atoms with Crippen molar-refractivity contribution in [1.29, 1.82) is 0 Å². The molecule has 2 aromatic carbocycles. The first-order valence-electron chi connectivity index (χ1n) is 7.00. The maximum Gasteiger partial charge on any atom is 0.237 e. The van der Waals surface area contributed by atoms with Crippen molar-refractivity contribution < 1.29 is 9.18 Å². The summed E-state index contributed by atoms with van der Waals surface area (Å²) < 4.78 is 13.0. The molecule has 1 atom stereocenters. The molecule has 8 heteroatoms. The molecule has 0 saturated heterocycles. The number of thioether (sulfide) groups is 1. The fourth-order valence-electron chi connectivity index (χ4n) is 2.06. The Morgan fingerprint density at radius 1 is 1.29 bits per heavy atom. The molecule has 0 radical (unpaired) electrons. The van der Waals surface area contributed by atoms with Crippen molar-refractivity contribution in [2.75, 3.05) is 5.32 Å². The van der Waals surface area contributed by atoms with E-state index in [0.29, 0.717) is 15.9 Å². The number of carbonyl (C=O) groups excluding carboxylic acids is 1. The number of benzene rings is 2. The molecular formula is C16H12Cl2FN3OS. The fraction of sp³-hybridized carbons (Fsp3) is 0.125. The molecular weight excluding hydrogens is 372 g/mol. The number of hydrogen-bond donors (Lipinski definition) is 2. The number of carbonyl (C=O) groups is 1. The van der Waals surface area contributed by atoms with Crippen molar-refractivity contribution >= 4 is 57.6 Å². The molecule has 24 heavy (non-hydrogen) atoms. The van der Waals surface area contributed by atoms with E-state index in [1.165, 1.54) is 23.9 Å². The third-order valence-electron chi connectivity index (χ3n) is 3.27. The van der Waals surface area contributed by atoms with Gasteiger partial charge in [-0.25, -0.2) is 9.37 Å². The van der Waals surface area contributed by atoms with Crippen LogP contribution in [0.15, 0.2) is 41.6 Å². The van der Waals surface area contributed by atoms with Gasteiger partial charge in [0.25, 0.3) is 0 Å². The quantitative estimate of drug-likeness (QED) is 0.614. The minimum atomic E-state index is -0.457. The molecule has 0 aliphatic heterocycles. The largest absolute Gasteiger partial charge is 0.333 e. The second-order valence-electron chi connectivity index (χ2n) is 5.08. The molecule has 0 unspecified atom stereocenters. The van der Waals surface area contributed by atoms with Crippen LogP contribution in [-0.2, 0) is 4.79 Å². The molecule has 4 nitrogen and oxygen atoms in total. The Balaban J connectivity index is 1.70. The number of anilines is 1. The van der Waals surface area contributed by atoms with Gasteiger partial charge in [0.15, 0.2) is 5.16 Å². The minimum absolute atomic E-state index is 0.152. The molecule has 1 amide bonds. The molecule has 0 fully saturated rings. The summed E-state index contributed by atoms with van der Waals surface area (Å²) >= 11 is 13.1. The van der Waals surface area contributed by atoms with Crippen molar-refractivity contribution in [2.45, 2.75) is 17.3 Å². The zero-order valence-corrected chi connectivity index (χ0v) is 14.8. The predicted octanol–water partition coefficient (Wildman–Crippen LogP) is 5.13. The van der Waals surface area contributed by atoms with E-state index in [1.54, 1.807) is 25.1 Å². The number of fused-ring (bicyclic) bond motifs is 1. The number of nitrogens with zero attached hydrogens (tertiary/aromatic N) is 1. The topological polar surface area (TPSA) is 57.8 Å². The summed E-state index contributed by atoms with van der Waals surface area (Å²) in [6.45, 7) is 1.75. The molecule has 0 spiro atoms. The van der Waals surface area contributed by atoms with Gasteiger partial charge in [-0.05, 0) is 43.3 Å². The minimum Gasteiger partial charge on any atom is -0.333 e. The smallest absolute Gasteiger partial charge is 0.237 e. The standard InChI is InChI=1S/C16H12Cl2FN3OS/c1-8(15(23)20-12-5-3-10(19)7-11(12)18)24-16-21-13-4-2-9(17)6-14(13)22-16/h2-8H,1H3,(H,20,23)(H,21,22)/t8-/m0/s1. The summed E-state index contributed by atoms with van der Waals surface area (Å²) in [5.74, 6) is -0.714. The van der Waals surface area contributed by atoms with E-state index in [1.807, 2.05) is 0 Å². The number of H-pyrrole nitrogens is 1. The number of nitrogens with one attached hydrogen (secondary N) is 2. The van der Waals surface area contributed by atoms with Crippen LogP contribution in [0.1, 0.15) is 6.92 Å². The first-order chi connectivity index (χ1) is 11.4. The van der Waals surface area contributed by atoms with Crippen LogP contribution < -0.4 is 5.32 Å². The van der Waals surface area contributed by atoms with Crippen LogP contribution in [0.2, 0.25) is 10.0 Å². The van der Waals surface area contributed by atoms with Crippen LogP contribution >= 0.6 is 35.0 Å². The van der Waals surface area contributed by atoms with E-state index in [4.69, 9.17) is 23.2 Å². The summed E-state index contributed by atoms with van der Waals surface area (Å²) in [6.07, 6.45) is 0. The molecule has 0 saturated carbocycles. The number of hydrogen-bond acceptors (Lipinski definition) is 3. The maximum atomic E-state index is 13.0. The van der Waals surface area contributed by atoms with E-state index in [2.05, 4.69) is 15.3 Å². The van der Waals surface area contributed by atoms with Gasteiger partial charge in [-0.2, -0.15) is 0 Å². The first kappa shape index (κ1) is 17.1. The number of aromatic amines is 1. The lowest BCUT2D eigenvalue weighted by molar-refractivity contribution is -0.115. The number of halogens is 3. The van der Waals surface area contributed by atoms with Gasteiger partial charge in [0.1, 0.15) is 5.82 Å². The van der Waals surface area contributed by atoms with E-state index < -0.39 is 11.1 Å². The highest BCUT2D eigenvalue weighted by Crippen LogP contribution is 2.27. The lowest BCUT2D eigenvalue weighted by Crippen LogP contribution is -2.22. The lowest BCUT2D eigenvalue weighted by atomic mass is 10.3. The summed E-state index contributed by atoms with van der Waals surface area (Å²) in [6, 6.07) is 9.15. The number of aromatic nitrogens is 2. The second-order valence-corrected chi connectivity index (χ2v) is 7.25. The van der Waals surface area contributed by atoms with Gasteiger partial charge < -0.3 is 10.3 Å². The van der Waals surface area contributed by atoms with Crippen LogP contribution in [0.4, 0.5) is 10.1 Å². The second kappa shape index (κ2) is 7.01. The zero-order chi connectivity index (χ0) is 17.3. The van der Waals surface area contributed by atoms with Crippen molar-refractivity contribution in [3.8, 4) is 0 Å². The van der Waals surface area contributed by atoms with E-state index in [-0.39, 0.29) is 10.9 Å². The van der Waals surface area contributed by atoms with Gasteiger partial charge in [-0.15, -0.1) is 0 Å². The third kappa shape index (κ3) is 3.83. The number of imidazole rings is 1. The van der Waals surface area contributed by atoms with Gasteiger partial charge in [0, 0.05) is 5.02 Å². The molecule has 0 aliphatic rings. The molecule has 1 heterocycles. The Labute approximate surface area is 151 Å². The number of amides is 1. The zero-order valence-electron chi connectivity index (χ0n) is 12.4. The van der Waals surface area contributed by atoms with Crippen LogP contribution in [0, 0.1) is 5.82 Å². The van der Waals surface area contributed by atoms with Gasteiger partial charge in [-0.3, -0.25) is 4.79 Å². The van der Waals surface area contributed by atoms with Crippen molar-refractivity contribution in [3.63, 3.8) is 0 Å². The molecule has 3 rings (SSSR count). The van der Waals surface area contributed by atoms with Crippen LogP contribution in [0.5, 0.6) is 0 Å². The van der Waals surface area contributed by atoms with Crippen molar-refractivity contribution in [2.24, 2.45) is 0 Å². The van der Waals surface area contributed by atoms with Gasteiger partial charge in [0.05, 0.1) is 27.0 Å². The van der Waals surface area contributed by atoms with E-state index >= 15 is 0 Å². The SMILES string of the molecule is C[C@H](Sc1nc2ccc(Cl)cc2[nH]1)C(=O)Nc1ccc(F)cc1Cl. The van der Waals surface area contributed by atoms with Crippen LogP contribution in [0.3, 0.4) is 0 Å². The average molecular weight is 384 g/mol. The van der Waals surface area contributed by atoms with Crippen molar-refractivity contribution in [1.82, 2.24) is 9.97 Å². The molecule has 3 aromatic rings. The monoisotopic (exact) mass is 383 g/mol. The maximum absolute atomic E-state index is 13.0. The highest BCUT2D eigenvalue weighted by atomic mass is 35.5. The highest BCUT2D eigenvalue weighted by Gasteiger charge is 2.18. The molecule has 124 valence electrons. The normalized spacial score (nSPS) is 12.3. The number of rotatable bonds is 4. The van der Waals surface area contributed by atoms with E-state index in [0.717, 1.165) is 17.1 Å². The third-order valence-corrected chi connectivity index (χ3v) is 4.80. The Morgan fingerprint density at radius 3 is 2.83 bits per heavy atom. The highest BCUT2D eigenvalue weighted by molar-refractivity contribution is 8.00. The van der Waals surface area contributed by atoms with Gasteiger partial charge in [-0.1, -0.05) is 35.0 Å². The summed E-state index contributed by atoms with van der Waals surface area (Å²) in [7, 11) is 0. The van der Waals surface area contributed by atoms with Crippen molar-refractivity contribution in [3.05, 3.63) is 52.3 Å². The average Bonchev–Trinajstić information content (AvgIpc) is 2.91. The molecule has 0 bridgehead atoms. The Bertz CT molecular complexity index is 915. The Kier molecular flexibility index (Phi) is 4.99. The first-order valence-corrected chi connectivity index (χ1v) is 8.64. The lowest BCUT2D eigenvalue weighted by Gasteiger charge is -2.11. The summed E-state index contributed by atoms with van der Waals surface area (Å²) in [5.41, 5.74) is 1.95. The van der Waals surface area contributed by atoms with Crippen LogP contribution in [0.25, 0.3) is 11.0 Å². The molecule has 1 aromatic heterocycles. The predicted molar refractivity (Wildman–Crippen MR) is 96.5 cm³/mol. The summed E-state index contributed by atoms with van der Waals surface area (Å²) in [4.78, 5) is 19.8. The molecule has 2 N–H and O–H groups in total. The Morgan fingerprint density at radius 2 is 2.08 bits per heavy atom. The molecule has 0 aliphatic carbocycles. The Hall–Kier alpha value is -1.76. The van der Waals surface area contributed by atoms with Crippen LogP contribution in [-0.4, -0.2) is 21.1 Å². The van der Waals surface area contributed by atoms with Gasteiger partial charge in [0.2, 0.25) is 5.91 Å². The summed E-state index contributed by atoms with van der Waals surface area (Å²) in [5, 5.41) is 3.62. The van der Waals surface area contributed by atoms with Gasteiger partial charge >= 0.3 is 0 Å². The fourth-order valence-corrected chi connectivity index (χ4v) is 3.27. The van der Waals surface area contributed by atoms with E-state index in [9.17, 15) is 9.18 Å².